The number of aromatic hydroxyl groups is 2. The Kier molecular flexibility index (Phi) is 3.43. The molecule has 0 spiro atoms. The number of phenols is 2. The molecule has 0 aromatic heterocycles. The quantitative estimate of drug-likeness (QED) is 0.646. The fourth-order valence-corrected chi connectivity index (χ4v) is 2.12. The van der Waals surface area contributed by atoms with Gasteiger partial charge in [-0.2, -0.15) is 0 Å². The Labute approximate surface area is 106 Å². The average molecular weight is 250 g/mol. The van der Waals surface area contributed by atoms with Crippen LogP contribution in [0, 0.1) is 5.92 Å². The number of benzene rings is 1. The van der Waals surface area contributed by atoms with E-state index in [-0.39, 0.29) is 23.4 Å². The summed E-state index contributed by atoms with van der Waals surface area (Å²) in [6.07, 6.45) is 0.886. The van der Waals surface area contributed by atoms with E-state index in [0.29, 0.717) is 24.6 Å². The van der Waals surface area contributed by atoms with E-state index in [1.54, 1.807) is 4.90 Å². The maximum absolute atomic E-state index is 12.2. The van der Waals surface area contributed by atoms with Crippen LogP contribution in [0.15, 0.2) is 18.2 Å². The molecule has 1 aromatic rings. The van der Waals surface area contributed by atoms with Gasteiger partial charge in [0.15, 0.2) is 11.5 Å². The highest BCUT2D eigenvalue weighted by atomic mass is 16.3. The molecule has 1 heterocycles. The van der Waals surface area contributed by atoms with Crippen LogP contribution in [-0.4, -0.2) is 40.2 Å². The molecule has 1 aliphatic rings. The van der Waals surface area contributed by atoms with E-state index in [4.69, 9.17) is 5.73 Å². The Morgan fingerprint density at radius 3 is 2.72 bits per heavy atom. The second kappa shape index (κ2) is 4.86. The third kappa shape index (κ3) is 2.41. The van der Waals surface area contributed by atoms with Crippen molar-refractivity contribution >= 4 is 5.91 Å². The van der Waals surface area contributed by atoms with Gasteiger partial charge in [-0.1, -0.05) is 6.92 Å². The van der Waals surface area contributed by atoms with Crippen LogP contribution in [0.25, 0.3) is 0 Å². The summed E-state index contributed by atoms with van der Waals surface area (Å²) in [6, 6.07) is 4.09. The van der Waals surface area contributed by atoms with E-state index in [0.717, 1.165) is 6.42 Å². The zero-order valence-electron chi connectivity index (χ0n) is 10.3. The molecule has 0 bridgehead atoms. The van der Waals surface area contributed by atoms with Gasteiger partial charge in [-0.3, -0.25) is 4.79 Å². The average Bonchev–Trinajstić information content (AvgIpc) is 2.35. The van der Waals surface area contributed by atoms with Gasteiger partial charge in [-0.25, -0.2) is 0 Å². The van der Waals surface area contributed by atoms with Crippen LogP contribution < -0.4 is 5.73 Å². The highest BCUT2D eigenvalue weighted by Gasteiger charge is 2.27. The molecule has 0 saturated carbocycles. The van der Waals surface area contributed by atoms with Crippen LogP contribution in [0.4, 0.5) is 0 Å². The van der Waals surface area contributed by atoms with Gasteiger partial charge in [0.05, 0.1) is 0 Å². The number of amides is 1. The zero-order valence-corrected chi connectivity index (χ0v) is 10.3. The monoisotopic (exact) mass is 250 g/mol. The van der Waals surface area contributed by atoms with Crippen molar-refractivity contribution in [3.05, 3.63) is 23.8 Å². The summed E-state index contributed by atoms with van der Waals surface area (Å²) in [7, 11) is 0. The molecule has 2 rings (SSSR count). The second-order valence-electron chi connectivity index (χ2n) is 4.88. The van der Waals surface area contributed by atoms with Crippen LogP contribution in [0.5, 0.6) is 11.5 Å². The van der Waals surface area contributed by atoms with E-state index < -0.39 is 0 Å². The van der Waals surface area contributed by atoms with Gasteiger partial charge in [0.25, 0.3) is 5.91 Å². The number of phenolic OH excluding ortho intramolecular Hbond substituents is 2. The number of likely N-dealkylation sites (tertiary alicyclic amines) is 1. The minimum absolute atomic E-state index is 0.00610. The van der Waals surface area contributed by atoms with E-state index >= 15 is 0 Å². The first-order valence-corrected chi connectivity index (χ1v) is 6.06. The van der Waals surface area contributed by atoms with Crippen molar-refractivity contribution in [2.45, 2.75) is 19.4 Å². The predicted molar refractivity (Wildman–Crippen MR) is 67.4 cm³/mol. The fourth-order valence-electron chi connectivity index (χ4n) is 2.12. The Morgan fingerprint density at radius 2 is 2.11 bits per heavy atom. The van der Waals surface area contributed by atoms with Crippen molar-refractivity contribution in [1.29, 1.82) is 0 Å². The molecular formula is C13H18N2O3. The van der Waals surface area contributed by atoms with Crippen molar-refractivity contribution in [1.82, 2.24) is 4.90 Å². The summed E-state index contributed by atoms with van der Waals surface area (Å²) in [4.78, 5) is 13.9. The molecule has 18 heavy (non-hydrogen) atoms. The Bertz CT molecular complexity index is 462. The summed E-state index contributed by atoms with van der Waals surface area (Å²) in [5, 5.41) is 18.6. The molecule has 4 N–H and O–H groups in total. The molecule has 1 fully saturated rings. The maximum Gasteiger partial charge on any atom is 0.254 e. The van der Waals surface area contributed by atoms with Crippen LogP contribution >= 0.6 is 0 Å². The van der Waals surface area contributed by atoms with Crippen LogP contribution in [0.1, 0.15) is 23.7 Å². The van der Waals surface area contributed by atoms with Gasteiger partial charge in [0.1, 0.15) is 0 Å². The standard InChI is InChI=1S/C13H18N2O3/c1-8-4-5-15(7-10(8)14)13(18)9-2-3-11(16)12(17)6-9/h2-3,6,8,10,16-17H,4-5,7,14H2,1H3. The van der Waals surface area contributed by atoms with Crippen LogP contribution in [0.2, 0.25) is 0 Å². The van der Waals surface area contributed by atoms with Crippen LogP contribution in [-0.2, 0) is 0 Å². The van der Waals surface area contributed by atoms with Gasteiger partial charge in [0.2, 0.25) is 0 Å². The number of carbonyl (C=O) groups is 1. The van der Waals surface area contributed by atoms with Crippen molar-refractivity contribution in [3.63, 3.8) is 0 Å². The number of carbonyl (C=O) groups excluding carboxylic acids is 1. The van der Waals surface area contributed by atoms with E-state index in [2.05, 4.69) is 6.92 Å². The first-order chi connectivity index (χ1) is 8.49. The molecule has 1 amide bonds. The molecular weight excluding hydrogens is 232 g/mol. The molecule has 2 atom stereocenters. The number of nitrogens with two attached hydrogens (primary N) is 1. The number of hydrogen-bond donors (Lipinski definition) is 3. The lowest BCUT2D eigenvalue weighted by Gasteiger charge is -2.35. The molecule has 1 saturated heterocycles. The first kappa shape index (κ1) is 12.7. The highest BCUT2D eigenvalue weighted by molar-refractivity contribution is 5.95. The zero-order chi connectivity index (χ0) is 13.3. The summed E-state index contributed by atoms with van der Waals surface area (Å²) < 4.78 is 0. The number of piperidine rings is 1. The third-order valence-electron chi connectivity index (χ3n) is 3.53. The lowest BCUT2D eigenvalue weighted by atomic mass is 9.94. The fraction of sp³-hybridized carbons (Fsp3) is 0.462. The van der Waals surface area contributed by atoms with Crippen molar-refractivity contribution in [3.8, 4) is 11.5 Å². The molecule has 2 unspecified atom stereocenters. The number of nitrogens with zero attached hydrogens (tertiary/aromatic N) is 1. The van der Waals surface area contributed by atoms with Gasteiger partial charge in [-0.15, -0.1) is 0 Å². The molecule has 0 aliphatic carbocycles. The predicted octanol–water partition coefficient (Wildman–Crippen LogP) is 0.907. The van der Waals surface area contributed by atoms with Gasteiger partial charge in [-0.05, 0) is 30.5 Å². The molecule has 1 aromatic carbocycles. The van der Waals surface area contributed by atoms with Gasteiger partial charge < -0.3 is 20.8 Å². The third-order valence-corrected chi connectivity index (χ3v) is 3.53. The van der Waals surface area contributed by atoms with Crippen LogP contribution in [0.3, 0.4) is 0 Å². The minimum Gasteiger partial charge on any atom is -0.504 e. The maximum atomic E-state index is 12.2. The Morgan fingerprint density at radius 1 is 1.39 bits per heavy atom. The summed E-state index contributed by atoms with van der Waals surface area (Å²) in [6.45, 7) is 3.29. The highest BCUT2D eigenvalue weighted by Crippen LogP contribution is 2.26. The summed E-state index contributed by atoms with van der Waals surface area (Å²) in [5.74, 6) is -0.249. The largest absolute Gasteiger partial charge is 0.504 e. The van der Waals surface area contributed by atoms with Crippen molar-refractivity contribution < 1.29 is 15.0 Å². The molecule has 0 radical (unpaired) electrons. The molecule has 98 valence electrons. The summed E-state index contributed by atoms with van der Waals surface area (Å²) in [5.41, 5.74) is 6.32. The van der Waals surface area contributed by atoms with E-state index in [9.17, 15) is 15.0 Å². The van der Waals surface area contributed by atoms with Crippen molar-refractivity contribution in [2.24, 2.45) is 11.7 Å². The van der Waals surface area contributed by atoms with E-state index in [1.807, 2.05) is 0 Å². The Balaban J connectivity index is 2.14. The molecule has 5 nitrogen and oxygen atoms in total. The Hall–Kier alpha value is -1.75. The van der Waals surface area contributed by atoms with Gasteiger partial charge >= 0.3 is 0 Å². The lowest BCUT2D eigenvalue weighted by molar-refractivity contribution is 0.0672. The SMILES string of the molecule is CC1CCN(C(=O)c2ccc(O)c(O)c2)CC1N. The topological polar surface area (TPSA) is 86.8 Å². The molecule has 1 aliphatic heterocycles. The second-order valence-corrected chi connectivity index (χ2v) is 4.88. The lowest BCUT2D eigenvalue weighted by Crippen LogP contribution is -2.49. The molecule has 5 heteroatoms. The van der Waals surface area contributed by atoms with Crippen molar-refractivity contribution in [2.75, 3.05) is 13.1 Å². The number of rotatable bonds is 1. The van der Waals surface area contributed by atoms with E-state index in [1.165, 1.54) is 18.2 Å². The summed E-state index contributed by atoms with van der Waals surface area (Å²) >= 11 is 0. The number of hydrogen-bond acceptors (Lipinski definition) is 4. The van der Waals surface area contributed by atoms with Gasteiger partial charge in [0, 0.05) is 24.7 Å². The minimum atomic E-state index is -0.282. The first-order valence-electron chi connectivity index (χ1n) is 6.06. The smallest absolute Gasteiger partial charge is 0.254 e. The normalized spacial score (nSPS) is 24.0.